The number of piperidine rings is 1. The first kappa shape index (κ1) is 16.8. The second kappa shape index (κ2) is 5.80. The van der Waals surface area contributed by atoms with E-state index in [4.69, 9.17) is 0 Å². The number of halogens is 3. The maximum absolute atomic E-state index is 13.1. The lowest BCUT2D eigenvalue weighted by atomic mass is 9.89. The Labute approximate surface area is 135 Å². The minimum absolute atomic E-state index is 0.0720. The van der Waals surface area contributed by atoms with Crippen molar-refractivity contribution in [1.82, 2.24) is 14.7 Å². The molecule has 1 aromatic rings. The summed E-state index contributed by atoms with van der Waals surface area (Å²) in [7, 11) is 0. The molecule has 0 amide bonds. The molecule has 1 aliphatic heterocycles. The van der Waals surface area contributed by atoms with Gasteiger partial charge in [-0.1, -0.05) is 13.3 Å². The average Bonchev–Trinajstić information content (AvgIpc) is 3.12. The van der Waals surface area contributed by atoms with E-state index in [1.807, 2.05) is 15.8 Å². The van der Waals surface area contributed by atoms with Crippen LogP contribution in [0.25, 0.3) is 0 Å². The predicted molar refractivity (Wildman–Crippen MR) is 83.3 cm³/mol. The number of hydrogen-bond acceptors (Lipinski definition) is 2. The van der Waals surface area contributed by atoms with Crippen molar-refractivity contribution in [2.75, 3.05) is 19.6 Å². The number of rotatable bonds is 5. The third kappa shape index (κ3) is 3.28. The molecular weight excluding hydrogens is 303 g/mol. The fourth-order valence-electron chi connectivity index (χ4n) is 3.61. The molecule has 3 rings (SSSR count). The highest BCUT2D eigenvalue weighted by atomic mass is 19.4. The highest BCUT2D eigenvalue weighted by molar-refractivity contribution is 5.07. The van der Waals surface area contributed by atoms with Crippen LogP contribution in [0.3, 0.4) is 0 Å². The number of aromatic nitrogens is 2. The van der Waals surface area contributed by atoms with Gasteiger partial charge < -0.3 is 4.90 Å². The smallest absolute Gasteiger partial charge is 0.302 e. The van der Waals surface area contributed by atoms with Crippen molar-refractivity contribution in [1.29, 1.82) is 0 Å². The van der Waals surface area contributed by atoms with Crippen LogP contribution in [0.5, 0.6) is 0 Å². The molecular formula is C17H26F3N3. The van der Waals surface area contributed by atoms with Crippen molar-refractivity contribution in [3.63, 3.8) is 0 Å². The van der Waals surface area contributed by atoms with E-state index in [1.54, 1.807) is 0 Å². The van der Waals surface area contributed by atoms with E-state index in [2.05, 4.69) is 25.1 Å². The molecule has 0 N–H and O–H groups in total. The van der Waals surface area contributed by atoms with Crippen LogP contribution >= 0.6 is 0 Å². The summed E-state index contributed by atoms with van der Waals surface area (Å²) < 4.78 is 41.3. The van der Waals surface area contributed by atoms with E-state index in [0.29, 0.717) is 12.8 Å². The molecule has 3 nitrogen and oxygen atoms in total. The standard InChI is InChI=1S/C17H26F3N3/c1-3-4-14-11-21-23(12-14)15(2)7-9-22(10-8-15)13-16(5-6-16)17(18,19)20/h11-12H,3-10,13H2,1-2H3. The molecule has 2 fully saturated rings. The Hall–Kier alpha value is -1.04. The van der Waals surface area contributed by atoms with Crippen molar-refractivity contribution in [2.45, 2.75) is 64.1 Å². The molecule has 0 unspecified atom stereocenters. The fourth-order valence-corrected chi connectivity index (χ4v) is 3.61. The van der Waals surface area contributed by atoms with Gasteiger partial charge in [0.15, 0.2) is 0 Å². The Balaban J connectivity index is 1.59. The lowest BCUT2D eigenvalue weighted by molar-refractivity contribution is -0.193. The maximum atomic E-state index is 13.1. The van der Waals surface area contributed by atoms with Crippen molar-refractivity contribution in [3.8, 4) is 0 Å². The lowest BCUT2D eigenvalue weighted by Gasteiger charge is -2.41. The summed E-state index contributed by atoms with van der Waals surface area (Å²) in [5.74, 6) is 0. The summed E-state index contributed by atoms with van der Waals surface area (Å²) in [5.41, 5.74) is -0.247. The molecule has 6 heteroatoms. The zero-order valence-corrected chi connectivity index (χ0v) is 14.0. The van der Waals surface area contributed by atoms with Crippen LogP contribution in [-0.2, 0) is 12.0 Å². The summed E-state index contributed by atoms with van der Waals surface area (Å²) in [6.45, 7) is 5.93. The Morgan fingerprint density at radius 3 is 2.35 bits per heavy atom. The molecule has 2 heterocycles. The normalized spacial score (nSPS) is 23.9. The first-order chi connectivity index (χ1) is 10.8. The van der Waals surface area contributed by atoms with Crippen molar-refractivity contribution in [2.24, 2.45) is 5.41 Å². The number of likely N-dealkylation sites (tertiary alicyclic amines) is 1. The molecule has 1 saturated heterocycles. The fraction of sp³-hybridized carbons (Fsp3) is 0.824. The van der Waals surface area contributed by atoms with Gasteiger partial charge in [0.1, 0.15) is 0 Å². The van der Waals surface area contributed by atoms with Crippen LogP contribution in [0.2, 0.25) is 0 Å². The molecule has 0 bridgehead atoms. The monoisotopic (exact) mass is 329 g/mol. The molecule has 130 valence electrons. The molecule has 0 spiro atoms. The van der Waals surface area contributed by atoms with E-state index < -0.39 is 11.6 Å². The summed E-state index contributed by atoms with van der Waals surface area (Å²) >= 11 is 0. The van der Waals surface area contributed by atoms with E-state index >= 15 is 0 Å². The molecule has 1 aliphatic carbocycles. The van der Waals surface area contributed by atoms with Crippen molar-refractivity contribution >= 4 is 0 Å². The van der Waals surface area contributed by atoms with Gasteiger partial charge in [0.25, 0.3) is 0 Å². The third-order valence-electron chi connectivity index (χ3n) is 5.64. The maximum Gasteiger partial charge on any atom is 0.395 e. The number of nitrogens with zero attached hydrogens (tertiary/aromatic N) is 3. The molecule has 1 saturated carbocycles. The zero-order chi connectivity index (χ0) is 16.7. The zero-order valence-electron chi connectivity index (χ0n) is 14.0. The minimum atomic E-state index is -4.05. The molecule has 0 atom stereocenters. The summed E-state index contributed by atoms with van der Waals surface area (Å²) in [5, 5.41) is 4.50. The molecule has 1 aromatic heterocycles. The SMILES string of the molecule is CCCc1cnn(C2(C)CCN(CC3(C(F)(F)F)CC3)CC2)c1. The number of aryl methyl sites for hydroxylation is 1. The second-order valence-corrected chi connectivity index (χ2v) is 7.59. The quantitative estimate of drug-likeness (QED) is 0.814. The lowest BCUT2D eigenvalue weighted by Crippen LogP contribution is -2.48. The Morgan fingerprint density at radius 1 is 1.17 bits per heavy atom. The Bertz CT molecular complexity index is 538. The molecule has 0 radical (unpaired) electrons. The summed E-state index contributed by atoms with van der Waals surface area (Å²) in [6, 6.07) is 0. The Morgan fingerprint density at radius 2 is 1.83 bits per heavy atom. The molecule has 2 aliphatic rings. The van der Waals surface area contributed by atoms with Gasteiger partial charge in [-0.3, -0.25) is 4.68 Å². The van der Waals surface area contributed by atoms with Gasteiger partial charge in [-0.25, -0.2) is 0 Å². The van der Waals surface area contributed by atoms with Crippen molar-refractivity contribution in [3.05, 3.63) is 18.0 Å². The van der Waals surface area contributed by atoms with E-state index in [9.17, 15) is 13.2 Å². The van der Waals surface area contributed by atoms with Crippen LogP contribution in [0, 0.1) is 5.41 Å². The van der Waals surface area contributed by atoms with E-state index in [-0.39, 0.29) is 12.1 Å². The third-order valence-corrected chi connectivity index (χ3v) is 5.64. The van der Waals surface area contributed by atoms with Crippen LogP contribution in [-0.4, -0.2) is 40.5 Å². The van der Waals surface area contributed by atoms with Crippen LogP contribution in [0.15, 0.2) is 12.4 Å². The highest BCUT2D eigenvalue weighted by Crippen LogP contribution is 2.58. The van der Waals surface area contributed by atoms with Gasteiger partial charge in [0.05, 0.1) is 17.2 Å². The summed E-state index contributed by atoms with van der Waals surface area (Å²) in [4.78, 5) is 2.00. The second-order valence-electron chi connectivity index (χ2n) is 7.59. The molecule has 0 aromatic carbocycles. The van der Waals surface area contributed by atoms with Gasteiger partial charge in [0.2, 0.25) is 0 Å². The average molecular weight is 329 g/mol. The van der Waals surface area contributed by atoms with Crippen LogP contribution in [0.4, 0.5) is 13.2 Å². The van der Waals surface area contributed by atoms with Gasteiger partial charge in [-0.15, -0.1) is 0 Å². The minimum Gasteiger partial charge on any atom is -0.302 e. The predicted octanol–water partition coefficient (Wildman–Crippen LogP) is 3.99. The number of hydrogen-bond donors (Lipinski definition) is 0. The van der Waals surface area contributed by atoms with E-state index in [0.717, 1.165) is 38.8 Å². The number of alkyl halides is 3. The van der Waals surface area contributed by atoms with Gasteiger partial charge >= 0.3 is 6.18 Å². The Kier molecular flexibility index (Phi) is 4.23. The van der Waals surface area contributed by atoms with E-state index in [1.165, 1.54) is 5.56 Å². The first-order valence-corrected chi connectivity index (χ1v) is 8.61. The van der Waals surface area contributed by atoms with Gasteiger partial charge in [0, 0.05) is 25.8 Å². The van der Waals surface area contributed by atoms with Gasteiger partial charge in [-0.05, 0) is 44.6 Å². The van der Waals surface area contributed by atoms with Crippen LogP contribution in [0.1, 0.15) is 51.5 Å². The highest BCUT2D eigenvalue weighted by Gasteiger charge is 2.63. The van der Waals surface area contributed by atoms with Crippen molar-refractivity contribution < 1.29 is 13.2 Å². The summed E-state index contributed by atoms with van der Waals surface area (Å²) in [6.07, 6.45) is 4.40. The van der Waals surface area contributed by atoms with Gasteiger partial charge in [-0.2, -0.15) is 18.3 Å². The molecule has 23 heavy (non-hydrogen) atoms. The first-order valence-electron chi connectivity index (χ1n) is 8.61. The topological polar surface area (TPSA) is 21.1 Å². The largest absolute Gasteiger partial charge is 0.395 e. The van der Waals surface area contributed by atoms with Crippen LogP contribution < -0.4 is 0 Å².